The minimum absolute atomic E-state index is 0.0545. The highest BCUT2D eigenvalue weighted by molar-refractivity contribution is 6.30. The minimum Gasteiger partial charge on any atom is -0.453 e. The van der Waals surface area contributed by atoms with Crippen LogP contribution in [0.1, 0.15) is 0 Å². The molecule has 1 heterocycles. The van der Waals surface area contributed by atoms with Crippen molar-refractivity contribution in [1.82, 2.24) is 0 Å². The van der Waals surface area contributed by atoms with Crippen molar-refractivity contribution in [3.63, 3.8) is 0 Å². The fourth-order valence-electron chi connectivity index (χ4n) is 0.551. The molecule has 1 saturated heterocycles. The van der Waals surface area contributed by atoms with Crippen molar-refractivity contribution in [1.29, 1.82) is 0 Å². The molecule has 10 heavy (non-hydrogen) atoms. The van der Waals surface area contributed by atoms with Crippen molar-refractivity contribution >= 4 is 11.9 Å². The van der Waals surface area contributed by atoms with Gasteiger partial charge in [0.05, 0.1) is 6.61 Å². The van der Waals surface area contributed by atoms with Gasteiger partial charge in [0.15, 0.2) is 6.10 Å². The fourth-order valence-corrected chi connectivity index (χ4v) is 0.551. The number of carbonyl (C=O) groups is 2. The Balaban J connectivity index is 2.48. The molecule has 5 heteroatoms. The number of aliphatic hydroxyl groups is 1. The highest BCUT2D eigenvalue weighted by Gasteiger charge is 2.28. The van der Waals surface area contributed by atoms with E-state index in [1.165, 1.54) is 0 Å². The molecule has 0 aliphatic carbocycles. The summed E-state index contributed by atoms with van der Waals surface area (Å²) in [7, 11) is 0. The average molecular weight is 146 g/mol. The van der Waals surface area contributed by atoms with Gasteiger partial charge >= 0.3 is 11.9 Å². The molecule has 0 aromatic rings. The molecule has 0 aromatic carbocycles. The van der Waals surface area contributed by atoms with Crippen LogP contribution >= 0.6 is 0 Å². The largest absolute Gasteiger partial charge is 0.453 e. The number of ether oxygens (including phenoxy) is 2. The molecule has 1 aliphatic rings. The van der Waals surface area contributed by atoms with E-state index in [1.54, 1.807) is 0 Å². The third-order valence-electron chi connectivity index (χ3n) is 1.04. The molecule has 56 valence electrons. The summed E-state index contributed by atoms with van der Waals surface area (Å²) in [5, 5.41) is 8.43. The molecule has 1 aliphatic heterocycles. The van der Waals surface area contributed by atoms with Crippen molar-refractivity contribution in [2.45, 2.75) is 6.10 Å². The van der Waals surface area contributed by atoms with Crippen LogP contribution in [-0.2, 0) is 19.1 Å². The second kappa shape index (κ2) is 2.66. The van der Waals surface area contributed by atoms with Crippen LogP contribution in [0, 0.1) is 0 Å². The lowest BCUT2D eigenvalue weighted by molar-refractivity contribution is -0.186. The number of cyclic esters (lactones) is 2. The van der Waals surface area contributed by atoms with E-state index >= 15 is 0 Å². The highest BCUT2D eigenvalue weighted by Crippen LogP contribution is 2.01. The van der Waals surface area contributed by atoms with E-state index in [9.17, 15) is 9.59 Å². The summed E-state index contributed by atoms with van der Waals surface area (Å²) in [4.78, 5) is 20.6. The maximum Gasteiger partial charge on any atom is 0.417 e. The minimum atomic E-state index is -1.04. The summed E-state index contributed by atoms with van der Waals surface area (Å²) >= 11 is 0. The molecule has 1 unspecified atom stereocenters. The Morgan fingerprint density at radius 1 is 1.50 bits per heavy atom. The summed E-state index contributed by atoms with van der Waals surface area (Å²) in [5.41, 5.74) is 0. The maximum absolute atomic E-state index is 10.4. The number of aliphatic hydroxyl groups excluding tert-OH is 1. The predicted octanol–water partition coefficient (Wildman–Crippen LogP) is -1.55. The van der Waals surface area contributed by atoms with Crippen LogP contribution in [-0.4, -0.2) is 36.4 Å². The molecule has 1 atom stereocenters. The van der Waals surface area contributed by atoms with Gasteiger partial charge in [-0.15, -0.1) is 0 Å². The molecule has 1 N–H and O–H groups in total. The summed E-state index contributed by atoms with van der Waals surface area (Å²) < 4.78 is 8.70. The maximum atomic E-state index is 10.4. The van der Waals surface area contributed by atoms with Crippen molar-refractivity contribution in [2.24, 2.45) is 0 Å². The smallest absolute Gasteiger partial charge is 0.417 e. The monoisotopic (exact) mass is 146 g/mol. The number of hydrogen-bond donors (Lipinski definition) is 1. The Kier molecular flexibility index (Phi) is 1.86. The normalized spacial score (nSPS) is 25.5. The van der Waals surface area contributed by atoms with Gasteiger partial charge < -0.3 is 14.6 Å². The second-order valence-corrected chi connectivity index (χ2v) is 1.81. The molecule has 1 rings (SSSR count). The number of rotatable bonds is 1. The predicted molar refractivity (Wildman–Crippen MR) is 27.9 cm³/mol. The second-order valence-electron chi connectivity index (χ2n) is 1.81. The SMILES string of the molecule is O=C1OCC(CO)OC1=O. The lowest BCUT2D eigenvalue weighted by Crippen LogP contribution is -2.38. The van der Waals surface area contributed by atoms with Gasteiger partial charge in [0.25, 0.3) is 0 Å². The third-order valence-corrected chi connectivity index (χ3v) is 1.04. The summed E-state index contributed by atoms with van der Waals surface area (Å²) in [6.07, 6.45) is -0.690. The van der Waals surface area contributed by atoms with E-state index in [1.807, 2.05) is 0 Å². The van der Waals surface area contributed by atoms with Gasteiger partial charge in [-0.05, 0) is 0 Å². The van der Waals surface area contributed by atoms with E-state index in [4.69, 9.17) is 5.11 Å². The van der Waals surface area contributed by atoms with Crippen molar-refractivity contribution < 1.29 is 24.2 Å². The first-order valence-electron chi connectivity index (χ1n) is 2.72. The lowest BCUT2D eigenvalue weighted by Gasteiger charge is -2.18. The molecule has 0 saturated carbocycles. The van der Waals surface area contributed by atoms with Gasteiger partial charge in [-0.2, -0.15) is 0 Å². The zero-order chi connectivity index (χ0) is 7.56. The van der Waals surface area contributed by atoms with Crippen LogP contribution in [0.3, 0.4) is 0 Å². The van der Waals surface area contributed by atoms with Gasteiger partial charge in [0.1, 0.15) is 6.61 Å². The van der Waals surface area contributed by atoms with Gasteiger partial charge in [-0.3, -0.25) is 0 Å². The van der Waals surface area contributed by atoms with E-state index in [0.29, 0.717) is 0 Å². The third kappa shape index (κ3) is 1.24. The topological polar surface area (TPSA) is 72.8 Å². The molecule has 0 radical (unpaired) electrons. The van der Waals surface area contributed by atoms with Crippen molar-refractivity contribution in [2.75, 3.05) is 13.2 Å². The molecule has 0 amide bonds. The Hall–Kier alpha value is -1.10. The number of hydrogen-bond acceptors (Lipinski definition) is 5. The quantitative estimate of drug-likeness (QED) is 0.358. The Morgan fingerprint density at radius 2 is 2.20 bits per heavy atom. The van der Waals surface area contributed by atoms with Crippen molar-refractivity contribution in [3.8, 4) is 0 Å². The Labute approximate surface area is 56.5 Å². The summed E-state index contributed by atoms with van der Waals surface area (Å²) in [6.45, 7) is -0.375. The number of esters is 2. The first-order chi connectivity index (χ1) is 4.74. The van der Waals surface area contributed by atoms with E-state index in [0.717, 1.165) is 0 Å². The van der Waals surface area contributed by atoms with E-state index in [2.05, 4.69) is 9.47 Å². The van der Waals surface area contributed by atoms with Gasteiger partial charge in [-0.25, -0.2) is 9.59 Å². The molecular formula is C5H6O5. The van der Waals surface area contributed by atoms with Crippen LogP contribution in [0.25, 0.3) is 0 Å². The van der Waals surface area contributed by atoms with Crippen LogP contribution in [0.15, 0.2) is 0 Å². The van der Waals surface area contributed by atoms with Crippen molar-refractivity contribution in [3.05, 3.63) is 0 Å². The lowest BCUT2D eigenvalue weighted by atomic mass is 10.4. The van der Waals surface area contributed by atoms with Crippen LogP contribution < -0.4 is 0 Å². The zero-order valence-electron chi connectivity index (χ0n) is 5.07. The van der Waals surface area contributed by atoms with Crippen LogP contribution in [0.4, 0.5) is 0 Å². The fraction of sp³-hybridized carbons (Fsp3) is 0.600. The molecule has 0 aromatic heterocycles. The van der Waals surface area contributed by atoms with Gasteiger partial charge in [-0.1, -0.05) is 0 Å². The Bertz CT molecular complexity index is 163. The molecular weight excluding hydrogens is 140 g/mol. The number of carbonyl (C=O) groups excluding carboxylic acids is 2. The molecule has 0 bridgehead atoms. The van der Waals surface area contributed by atoms with Gasteiger partial charge in [0, 0.05) is 0 Å². The van der Waals surface area contributed by atoms with Crippen LogP contribution in [0.2, 0.25) is 0 Å². The van der Waals surface area contributed by atoms with Crippen LogP contribution in [0.5, 0.6) is 0 Å². The molecule has 5 nitrogen and oxygen atoms in total. The molecule has 1 fully saturated rings. The summed E-state index contributed by atoms with van der Waals surface area (Å²) in [5.74, 6) is -2.03. The first-order valence-corrected chi connectivity index (χ1v) is 2.72. The van der Waals surface area contributed by atoms with E-state index in [-0.39, 0.29) is 13.2 Å². The zero-order valence-corrected chi connectivity index (χ0v) is 5.07. The first kappa shape index (κ1) is 7.01. The van der Waals surface area contributed by atoms with E-state index < -0.39 is 18.0 Å². The standard InChI is InChI=1S/C5H6O5/c6-1-3-2-9-4(7)5(8)10-3/h3,6H,1-2H2. The highest BCUT2D eigenvalue weighted by atomic mass is 16.6. The average Bonchev–Trinajstić information content (AvgIpc) is 1.95. The summed E-state index contributed by atoms with van der Waals surface area (Å²) in [6, 6.07) is 0. The van der Waals surface area contributed by atoms with Gasteiger partial charge in [0.2, 0.25) is 0 Å². The Morgan fingerprint density at radius 3 is 2.70 bits per heavy atom. The molecule has 0 spiro atoms.